The molecular weight excluding hydrogens is 523 g/mol. The molecule has 208 valence electrons. The Hall–Kier alpha value is -4.08. The van der Waals surface area contributed by atoms with Crippen LogP contribution in [0.2, 0.25) is 0 Å². The minimum Gasteiger partial charge on any atom is -0.483 e. The van der Waals surface area contributed by atoms with Crippen molar-refractivity contribution >= 4 is 11.8 Å². The SMILES string of the molecule is CC1(C)CN2C(=O)c3c(OCc4ccccc4)c(=O)c(C(=O)NCc4c(F)cc(F)cc4F)cn3C[C@]23CCC13. The number of hydrogen-bond donors (Lipinski definition) is 1. The molecule has 10 heteroatoms. The highest BCUT2D eigenvalue weighted by Gasteiger charge is 2.66. The molecule has 2 fully saturated rings. The van der Waals surface area contributed by atoms with E-state index in [-0.39, 0.29) is 40.9 Å². The van der Waals surface area contributed by atoms with Gasteiger partial charge >= 0.3 is 0 Å². The van der Waals surface area contributed by atoms with Crippen molar-refractivity contribution in [3.05, 3.63) is 98.7 Å². The summed E-state index contributed by atoms with van der Waals surface area (Å²) in [6, 6.07) is 10.1. The number of pyridine rings is 1. The maximum Gasteiger partial charge on any atom is 0.275 e. The normalized spacial score (nSPS) is 22.2. The van der Waals surface area contributed by atoms with Gasteiger partial charge in [0, 0.05) is 43.5 Å². The molecule has 40 heavy (non-hydrogen) atoms. The van der Waals surface area contributed by atoms with Gasteiger partial charge in [-0.2, -0.15) is 0 Å². The van der Waals surface area contributed by atoms with Gasteiger partial charge in [-0.3, -0.25) is 14.4 Å². The van der Waals surface area contributed by atoms with Crippen LogP contribution in [0.15, 0.2) is 53.5 Å². The maximum absolute atomic E-state index is 14.2. The lowest BCUT2D eigenvalue weighted by Crippen LogP contribution is -2.63. The van der Waals surface area contributed by atoms with Crippen LogP contribution in [0.4, 0.5) is 13.2 Å². The van der Waals surface area contributed by atoms with Gasteiger partial charge in [0.15, 0.2) is 11.4 Å². The molecule has 0 radical (unpaired) electrons. The lowest BCUT2D eigenvalue weighted by atomic mass is 9.59. The van der Waals surface area contributed by atoms with Gasteiger partial charge in [0.05, 0.1) is 5.54 Å². The van der Waals surface area contributed by atoms with Gasteiger partial charge in [0.25, 0.3) is 11.8 Å². The van der Waals surface area contributed by atoms with E-state index in [4.69, 9.17) is 4.74 Å². The first-order chi connectivity index (χ1) is 19.0. The summed E-state index contributed by atoms with van der Waals surface area (Å²) in [5.74, 6) is -4.57. The molecule has 1 saturated carbocycles. The Morgan fingerprint density at radius 2 is 1.77 bits per heavy atom. The summed E-state index contributed by atoms with van der Waals surface area (Å²) in [4.78, 5) is 42.7. The van der Waals surface area contributed by atoms with Gasteiger partial charge in [-0.15, -0.1) is 0 Å². The predicted octanol–water partition coefficient (Wildman–Crippen LogP) is 4.42. The van der Waals surface area contributed by atoms with E-state index < -0.39 is 46.4 Å². The average molecular weight is 552 g/mol. The van der Waals surface area contributed by atoms with Crippen LogP contribution in [0, 0.1) is 28.8 Å². The number of carbonyl (C=O) groups is 2. The van der Waals surface area contributed by atoms with Crippen LogP contribution < -0.4 is 15.5 Å². The molecule has 2 aromatic carbocycles. The van der Waals surface area contributed by atoms with E-state index >= 15 is 0 Å². The number of ether oxygens (including phenoxy) is 1. The Kier molecular flexibility index (Phi) is 6.05. The molecule has 1 saturated heterocycles. The first-order valence-electron chi connectivity index (χ1n) is 13.2. The van der Waals surface area contributed by atoms with E-state index in [1.54, 1.807) is 4.57 Å². The summed E-state index contributed by atoms with van der Waals surface area (Å²) < 4.78 is 49.2. The number of halogens is 3. The Morgan fingerprint density at radius 3 is 2.42 bits per heavy atom. The third kappa shape index (κ3) is 4.00. The number of fused-ring (bicyclic) bond motifs is 1. The van der Waals surface area contributed by atoms with Crippen LogP contribution in [0.1, 0.15) is 58.7 Å². The molecule has 6 rings (SSSR count). The molecule has 7 nitrogen and oxygen atoms in total. The highest BCUT2D eigenvalue weighted by Crippen LogP contribution is 2.60. The van der Waals surface area contributed by atoms with Crippen molar-refractivity contribution in [2.24, 2.45) is 11.3 Å². The monoisotopic (exact) mass is 551 g/mol. The van der Waals surface area contributed by atoms with Crippen molar-refractivity contribution in [2.75, 3.05) is 6.54 Å². The fourth-order valence-corrected chi connectivity index (χ4v) is 6.72. The third-order valence-electron chi connectivity index (χ3n) is 8.69. The molecule has 1 aromatic heterocycles. The summed E-state index contributed by atoms with van der Waals surface area (Å²) in [5.41, 5.74) is -1.32. The number of aromatic nitrogens is 1. The number of amides is 2. The second kappa shape index (κ2) is 9.25. The molecule has 3 aliphatic rings. The van der Waals surface area contributed by atoms with Gasteiger partial charge in [-0.25, -0.2) is 13.2 Å². The van der Waals surface area contributed by atoms with E-state index in [1.165, 1.54) is 6.20 Å². The van der Waals surface area contributed by atoms with Crippen LogP contribution in [0.3, 0.4) is 0 Å². The number of carbonyl (C=O) groups excluding carboxylic acids is 2. The topological polar surface area (TPSA) is 80.6 Å². The van der Waals surface area contributed by atoms with Crippen molar-refractivity contribution in [1.29, 1.82) is 0 Å². The van der Waals surface area contributed by atoms with Crippen molar-refractivity contribution in [3.63, 3.8) is 0 Å². The molecule has 2 aliphatic heterocycles. The molecule has 1 spiro atoms. The predicted molar refractivity (Wildman–Crippen MR) is 139 cm³/mol. The molecule has 1 unspecified atom stereocenters. The summed E-state index contributed by atoms with van der Waals surface area (Å²) >= 11 is 0. The Balaban J connectivity index is 1.39. The lowest BCUT2D eigenvalue weighted by Gasteiger charge is -2.54. The molecule has 3 heterocycles. The third-order valence-corrected chi connectivity index (χ3v) is 8.69. The summed E-state index contributed by atoms with van der Waals surface area (Å²) in [6.45, 7) is 4.61. The highest BCUT2D eigenvalue weighted by molar-refractivity contribution is 6.00. The Bertz CT molecular complexity index is 1580. The first kappa shape index (κ1) is 26.2. The number of benzene rings is 2. The van der Waals surface area contributed by atoms with Crippen molar-refractivity contribution in [1.82, 2.24) is 14.8 Å². The number of nitrogens with one attached hydrogen (secondary N) is 1. The molecule has 3 aromatic rings. The van der Waals surface area contributed by atoms with Crippen LogP contribution in [0.5, 0.6) is 5.75 Å². The Morgan fingerprint density at radius 1 is 1.07 bits per heavy atom. The quantitative estimate of drug-likeness (QED) is 0.492. The van der Waals surface area contributed by atoms with Crippen LogP contribution >= 0.6 is 0 Å². The summed E-state index contributed by atoms with van der Waals surface area (Å²) in [5, 5.41) is 2.36. The molecule has 1 aliphatic carbocycles. The molecule has 2 atom stereocenters. The Labute approximate surface area is 228 Å². The van der Waals surface area contributed by atoms with Gasteiger partial charge in [-0.1, -0.05) is 44.2 Å². The largest absolute Gasteiger partial charge is 0.483 e. The van der Waals surface area contributed by atoms with Crippen molar-refractivity contribution in [2.45, 2.75) is 51.9 Å². The van der Waals surface area contributed by atoms with Gasteiger partial charge < -0.3 is 19.5 Å². The second-order valence-electron chi connectivity index (χ2n) is 11.6. The standard InChI is InChI=1S/C30H28F3N3O4/c1-29(2)15-36-28(39)24-26(40-14-17-6-4-3-5-7-17)25(37)20(13-35(24)16-30(36)9-8-23(29)30)27(38)34-12-19-21(32)10-18(31)11-22(19)33/h3-7,10-11,13,23H,8-9,12,14-16H2,1-2H3,(H,34,38)/t23?,30-/m0/s1. The summed E-state index contributed by atoms with van der Waals surface area (Å²) in [6.07, 6.45) is 3.12. The number of nitrogens with zero attached hydrogens (tertiary/aromatic N) is 2. The smallest absolute Gasteiger partial charge is 0.275 e. The van der Waals surface area contributed by atoms with E-state index in [9.17, 15) is 27.6 Å². The molecule has 0 bridgehead atoms. The summed E-state index contributed by atoms with van der Waals surface area (Å²) in [7, 11) is 0. The minimum absolute atomic E-state index is 0.00725. The van der Waals surface area contributed by atoms with E-state index in [2.05, 4.69) is 19.2 Å². The molecular formula is C30H28F3N3O4. The first-order valence-corrected chi connectivity index (χ1v) is 13.2. The maximum atomic E-state index is 14.2. The van der Waals surface area contributed by atoms with Gasteiger partial charge in [0.1, 0.15) is 29.6 Å². The number of hydrogen-bond acceptors (Lipinski definition) is 4. The van der Waals surface area contributed by atoms with Crippen molar-refractivity contribution in [3.8, 4) is 5.75 Å². The zero-order valence-corrected chi connectivity index (χ0v) is 22.1. The fourth-order valence-electron chi connectivity index (χ4n) is 6.72. The van der Waals surface area contributed by atoms with Crippen LogP contribution in [-0.2, 0) is 19.7 Å². The van der Waals surface area contributed by atoms with Crippen LogP contribution in [-0.4, -0.2) is 33.4 Å². The van der Waals surface area contributed by atoms with Gasteiger partial charge in [-0.05, 0) is 29.7 Å². The lowest BCUT2D eigenvalue weighted by molar-refractivity contribution is -0.0175. The molecule has 2 amide bonds. The number of rotatable bonds is 6. The van der Waals surface area contributed by atoms with Gasteiger partial charge in [0.2, 0.25) is 5.43 Å². The van der Waals surface area contributed by atoms with E-state index in [1.807, 2.05) is 35.2 Å². The van der Waals surface area contributed by atoms with E-state index in [0.29, 0.717) is 25.2 Å². The fraction of sp³-hybridized carbons (Fsp3) is 0.367. The highest BCUT2D eigenvalue weighted by atomic mass is 19.1. The van der Waals surface area contributed by atoms with E-state index in [0.717, 1.165) is 18.4 Å². The van der Waals surface area contributed by atoms with Crippen LogP contribution in [0.25, 0.3) is 0 Å². The molecule has 1 N–H and O–H groups in total. The zero-order chi connectivity index (χ0) is 28.4. The van der Waals surface area contributed by atoms with Crippen molar-refractivity contribution < 1.29 is 27.5 Å². The second-order valence-corrected chi connectivity index (χ2v) is 11.6. The minimum atomic E-state index is -1.16. The average Bonchev–Trinajstić information content (AvgIpc) is 3.04. The zero-order valence-electron chi connectivity index (χ0n) is 22.1.